The molecule has 1 aromatic carbocycles. The molecule has 0 unspecified atom stereocenters. The highest BCUT2D eigenvalue weighted by atomic mass is 32.2. The zero-order valence-corrected chi connectivity index (χ0v) is 18.5. The van der Waals surface area contributed by atoms with Gasteiger partial charge in [-0.25, -0.2) is 0 Å². The first-order valence-corrected chi connectivity index (χ1v) is 10.2. The Labute approximate surface area is 167 Å². The molecule has 0 aliphatic carbocycles. The molecule has 4 nitrogen and oxygen atoms in total. The van der Waals surface area contributed by atoms with Crippen LogP contribution in [0.1, 0.15) is 66.5 Å². The van der Waals surface area contributed by atoms with Gasteiger partial charge in [-0.15, -0.1) is 0 Å². The average Bonchev–Trinajstić information content (AvgIpc) is 2.72. The molecule has 1 heterocycles. The molecule has 0 amide bonds. The molecule has 0 atom stereocenters. The number of carbonyl (C=O) groups excluding carboxylic acids is 1. The highest BCUT2D eigenvalue weighted by Gasteiger charge is 2.52. The highest BCUT2D eigenvalue weighted by molar-refractivity contribution is 8.13. The van der Waals surface area contributed by atoms with Gasteiger partial charge in [0.2, 0.25) is 0 Å². The predicted molar refractivity (Wildman–Crippen MR) is 114 cm³/mol. The lowest BCUT2D eigenvalue weighted by atomic mass is 9.77. The zero-order chi connectivity index (χ0) is 20.6. The predicted octanol–water partition coefficient (Wildman–Crippen LogP) is 4.98. The van der Waals surface area contributed by atoms with Crippen molar-refractivity contribution in [3.63, 3.8) is 0 Å². The van der Waals surface area contributed by atoms with Gasteiger partial charge in [0, 0.05) is 12.7 Å². The van der Waals surface area contributed by atoms with E-state index in [9.17, 15) is 9.90 Å². The Kier molecular flexibility index (Phi) is 6.25. The van der Waals surface area contributed by atoms with Crippen LogP contribution in [-0.4, -0.2) is 34.3 Å². The van der Waals surface area contributed by atoms with Gasteiger partial charge in [-0.2, -0.15) is 0 Å². The van der Waals surface area contributed by atoms with E-state index in [4.69, 9.17) is 9.31 Å². The summed E-state index contributed by atoms with van der Waals surface area (Å²) < 4.78 is 12.4. The van der Waals surface area contributed by atoms with Crippen molar-refractivity contribution < 1.29 is 19.2 Å². The summed E-state index contributed by atoms with van der Waals surface area (Å²) in [6, 6.07) is 5.57. The molecule has 6 heteroatoms. The number of thioether (sulfide) groups is 1. The first-order valence-electron chi connectivity index (χ1n) is 9.26. The zero-order valence-electron chi connectivity index (χ0n) is 17.7. The minimum atomic E-state index is -0.506. The fourth-order valence-corrected chi connectivity index (χ4v) is 3.40. The first-order chi connectivity index (χ1) is 12.2. The fraction of sp³-hybridized carbons (Fsp3) is 0.571. The van der Waals surface area contributed by atoms with Gasteiger partial charge in [-0.1, -0.05) is 44.7 Å². The molecule has 0 radical (unpaired) electrons. The molecule has 1 fully saturated rings. The van der Waals surface area contributed by atoms with E-state index in [-0.39, 0.29) is 16.3 Å². The van der Waals surface area contributed by atoms with E-state index < -0.39 is 18.3 Å². The summed E-state index contributed by atoms with van der Waals surface area (Å²) in [4.78, 5) is 11.5. The summed E-state index contributed by atoms with van der Waals surface area (Å²) in [6.07, 6.45) is 2.01. The van der Waals surface area contributed by atoms with Crippen molar-refractivity contribution in [3.05, 3.63) is 34.8 Å². The Morgan fingerprint density at radius 2 is 1.74 bits per heavy atom. The molecular formula is C21H31BO4S. The SMILES string of the molecule is CC(=O)SCC(=Cc1ccc(O)c(C(C)(C)C)c1)B1OC(C)(C)C(C)(C)O1. The van der Waals surface area contributed by atoms with E-state index in [2.05, 4.69) is 20.8 Å². The lowest BCUT2D eigenvalue weighted by molar-refractivity contribution is -0.109. The maximum absolute atomic E-state index is 11.5. The quantitative estimate of drug-likeness (QED) is 0.735. The van der Waals surface area contributed by atoms with Crippen LogP contribution in [0.25, 0.3) is 6.08 Å². The van der Waals surface area contributed by atoms with Crippen LogP contribution in [0.15, 0.2) is 23.7 Å². The summed E-state index contributed by atoms with van der Waals surface area (Å²) in [5.41, 5.74) is 1.67. The number of hydrogen-bond donors (Lipinski definition) is 1. The lowest BCUT2D eigenvalue weighted by Crippen LogP contribution is -2.41. The molecule has 1 aliphatic heterocycles. The van der Waals surface area contributed by atoms with Crippen LogP contribution in [0.5, 0.6) is 5.75 Å². The van der Waals surface area contributed by atoms with Crippen LogP contribution in [0.2, 0.25) is 0 Å². The number of phenols is 1. The van der Waals surface area contributed by atoms with E-state index in [0.717, 1.165) is 16.6 Å². The van der Waals surface area contributed by atoms with Crippen molar-refractivity contribution in [3.8, 4) is 5.75 Å². The number of benzene rings is 1. The van der Waals surface area contributed by atoms with Gasteiger partial charge in [-0.3, -0.25) is 4.79 Å². The van der Waals surface area contributed by atoms with E-state index >= 15 is 0 Å². The van der Waals surface area contributed by atoms with Gasteiger partial charge >= 0.3 is 7.12 Å². The second-order valence-corrected chi connectivity index (χ2v) is 10.3. The normalized spacial score (nSPS) is 19.4. The Morgan fingerprint density at radius 3 is 2.22 bits per heavy atom. The fourth-order valence-electron chi connectivity index (χ4n) is 2.82. The van der Waals surface area contributed by atoms with Crippen LogP contribution in [0.3, 0.4) is 0 Å². The van der Waals surface area contributed by atoms with Crippen LogP contribution in [-0.2, 0) is 19.5 Å². The van der Waals surface area contributed by atoms with E-state index in [1.807, 2.05) is 45.9 Å². The third-order valence-corrected chi connectivity index (χ3v) is 6.06. The number of carbonyl (C=O) groups is 1. The van der Waals surface area contributed by atoms with E-state index in [1.165, 1.54) is 11.8 Å². The van der Waals surface area contributed by atoms with Gasteiger partial charge in [0.15, 0.2) is 5.12 Å². The molecule has 1 aromatic rings. The van der Waals surface area contributed by atoms with Crippen molar-refractivity contribution >= 4 is 30.1 Å². The molecule has 0 spiro atoms. The van der Waals surface area contributed by atoms with Gasteiger partial charge in [0.25, 0.3) is 0 Å². The largest absolute Gasteiger partial charge is 0.508 e. The van der Waals surface area contributed by atoms with Gasteiger partial charge in [0.1, 0.15) is 5.75 Å². The van der Waals surface area contributed by atoms with E-state index in [0.29, 0.717) is 5.75 Å². The Hall–Kier alpha value is -1.24. The second kappa shape index (κ2) is 7.65. The minimum Gasteiger partial charge on any atom is -0.508 e. The topological polar surface area (TPSA) is 55.8 Å². The van der Waals surface area contributed by atoms with Crippen LogP contribution < -0.4 is 0 Å². The third kappa shape index (κ3) is 5.18. The van der Waals surface area contributed by atoms with Crippen molar-refractivity contribution in [2.75, 3.05) is 5.75 Å². The monoisotopic (exact) mass is 390 g/mol. The van der Waals surface area contributed by atoms with Crippen molar-refractivity contribution in [2.45, 2.75) is 72.0 Å². The lowest BCUT2D eigenvalue weighted by Gasteiger charge is -2.32. The molecule has 27 heavy (non-hydrogen) atoms. The molecule has 1 saturated heterocycles. The van der Waals surface area contributed by atoms with Crippen molar-refractivity contribution in [2.24, 2.45) is 0 Å². The molecule has 2 rings (SSSR count). The summed E-state index contributed by atoms with van der Waals surface area (Å²) in [7, 11) is -0.506. The van der Waals surface area contributed by atoms with Gasteiger partial charge < -0.3 is 14.4 Å². The maximum atomic E-state index is 11.5. The highest BCUT2D eigenvalue weighted by Crippen LogP contribution is 2.40. The minimum absolute atomic E-state index is 0.0542. The van der Waals surface area contributed by atoms with Crippen LogP contribution in [0.4, 0.5) is 0 Å². The summed E-state index contributed by atoms with van der Waals surface area (Å²) in [5, 5.41) is 10.3. The summed E-state index contributed by atoms with van der Waals surface area (Å²) >= 11 is 1.24. The smallest absolute Gasteiger partial charge is 0.491 e. The Bertz CT molecular complexity index is 731. The number of phenolic OH excluding ortho intramolecular Hbond substituents is 1. The Balaban J connectivity index is 2.42. The number of aromatic hydroxyl groups is 1. The molecule has 1 N–H and O–H groups in total. The van der Waals surface area contributed by atoms with Gasteiger partial charge in [0.05, 0.1) is 11.2 Å². The first kappa shape index (κ1) is 22.1. The number of hydrogen-bond acceptors (Lipinski definition) is 5. The molecule has 0 saturated carbocycles. The maximum Gasteiger partial charge on any atom is 0.491 e. The standard InChI is InChI=1S/C21H31BO4S/c1-14(23)27-13-16(22-25-20(5,6)21(7,8)26-22)11-15-9-10-18(24)17(12-15)19(2,3)4/h9-12,24H,13H2,1-8H3. The number of rotatable bonds is 4. The molecule has 0 bridgehead atoms. The molecule has 148 valence electrons. The summed E-state index contributed by atoms with van der Waals surface area (Å²) in [5.74, 6) is 0.785. The van der Waals surface area contributed by atoms with Gasteiger partial charge in [-0.05, 0) is 61.8 Å². The second-order valence-electron chi connectivity index (χ2n) is 9.11. The van der Waals surface area contributed by atoms with Crippen LogP contribution in [0, 0.1) is 0 Å². The van der Waals surface area contributed by atoms with Crippen molar-refractivity contribution in [1.29, 1.82) is 0 Å². The molecular weight excluding hydrogens is 359 g/mol. The molecule has 1 aliphatic rings. The van der Waals surface area contributed by atoms with Crippen molar-refractivity contribution in [1.82, 2.24) is 0 Å². The average molecular weight is 390 g/mol. The van der Waals surface area contributed by atoms with Crippen LogP contribution >= 0.6 is 11.8 Å². The molecule has 0 aromatic heterocycles. The third-order valence-electron chi connectivity index (χ3n) is 5.18. The Morgan fingerprint density at radius 1 is 1.19 bits per heavy atom. The summed E-state index contributed by atoms with van der Waals surface area (Å²) in [6.45, 7) is 15.8. The van der Waals surface area contributed by atoms with E-state index in [1.54, 1.807) is 13.0 Å².